The Kier molecular flexibility index (Phi) is 6.02. The molecule has 0 heterocycles. The maximum Gasteiger partial charge on any atom is 0.329 e. The smallest absolute Gasteiger partial charge is 0.329 e. The van der Waals surface area contributed by atoms with Gasteiger partial charge in [-0.15, -0.1) is 0 Å². The fourth-order valence-electron chi connectivity index (χ4n) is 2.24. The second-order valence-electron chi connectivity index (χ2n) is 5.59. The highest BCUT2D eigenvalue weighted by Crippen LogP contribution is 2.32. The Morgan fingerprint density at radius 3 is 2.18 bits per heavy atom. The molecule has 0 aromatic heterocycles. The number of carbonyl (C=O) groups is 1. The molecule has 0 fully saturated rings. The van der Waals surface area contributed by atoms with Crippen molar-refractivity contribution in [2.45, 2.75) is 39.7 Å². The minimum atomic E-state index is -1.20. The van der Waals surface area contributed by atoms with E-state index in [1.54, 1.807) is 18.7 Å². The van der Waals surface area contributed by atoms with Gasteiger partial charge in [-0.3, -0.25) is 0 Å². The third-order valence-corrected chi connectivity index (χ3v) is 4.16. The highest BCUT2D eigenvalue weighted by molar-refractivity contribution is 7.82. The number of aliphatic carboxylic acids is 1. The van der Waals surface area contributed by atoms with E-state index >= 15 is 0 Å². The van der Waals surface area contributed by atoms with Crippen LogP contribution in [0.3, 0.4) is 0 Å². The van der Waals surface area contributed by atoms with Gasteiger partial charge in [-0.2, -0.15) is 0 Å². The van der Waals surface area contributed by atoms with Gasteiger partial charge in [-0.05, 0) is 51.0 Å². The first kappa shape index (κ1) is 18.5. The molecule has 0 amide bonds. The van der Waals surface area contributed by atoms with Crippen molar-refractivity contribution in [2.24, 2.45) is 0 Å². The molecule has 22 heavy (non-hydrogen) atoms. The van der Waals surface area contributed by atoms with Crippen molar-refractivity contribution < 1.29 is 14.6 Å². The summed E-state index contributed by atoms with van der Waals surface area (Å²) in [4.78, 5) is 13.8. The van der Waals surface area contributed by atoms with E-state index in [2.05, 4.69) is 0 Å². The number of aryl methyl sites for hydroxylation is 2. The molecule has 0 bridgehead atoms. The van der Waals surface area contributed by atoms with Crippen LogP contribution in [0.4, 0.5) is 5.69 Å². The first-order chi connectivity index (χ1) is 10.1. The van der Waals surface area contributed by atoms with Crippen molar-refractivity contribution in [3.63, 3.8) is 0 Å². The molecule has 0 atom stereocenters. The molecule has 1 rings (SSSR count). The molecule has 0 saturated carbocycles. The largest absolute Gasteiger partial charge is 0.490 e. The summed E-state index contributed by atoms with van der Waals surface area (Å²) in [6, 6.07) is 5.80. The third-order valence-electron chi connectivity index (χ3n) is 3.52. The van der Waals surface area contributed by atoms with E-state index in [-0.39, 0.29) is 6.42 Å². The monoisotopic (exact) mass is 339 g/mol. The van der Waals surface area contributed by atoms with E-state index in [4.69, 9.17) is 29.2 Å². The SMILES string of the molecule is COC(=S)CC(=S)N(c1c(C)cccc1C)C(C)(C)C(=O)O. The quantitative estimate of drug-likeness (QED) is 0.826. The molecule has 0 saturated heterocycles. The van der Waals surface area contributed by atoms with Gasteiger partial charge in [0.15, 0.2) is 5.05 Å². The zero-order valence-corrected chi connectivity index (χ0v) is 15.1. The minimum absolute atomic E-state index is 0.228. The molecule has 1 N–H and O–H groups in total. The maximum atomic E-state index is 11.8. The predicted molar refractivity (Wildman–Crippen MR) is 96.9 cm³/mol. The molecule has 0 aliphatic heterocycles. The average Bonchev–Trinajstić information content (AvgIpc) is 2.42. The highest BCUT2D eigenvalue weighted by atomic mass is 32.1. The van der Waals surface area contributed by atoms with Gasteiger partial charge in [0.2, 0.25) is 0 Å². The highest BCUT2D eigenvalue weighted by Gasteiger charge is 2.38. The van der Waals surface area contributed by atoms with Crippen molar-refractivity contribution in [1.29, 1.82) is 0 Å². The molecule has 1 aromatic rings. The molecule has 0 aliphatic carbocycles. The summed E-state index contributed by atoms with van der Waals surface area (Å²) in [7, 11) is 1.48. The predicted octanol–water partition coefficient (Wildman–Crippen LogP) is 3.66. The van der Waals surface area contributed by atoms with Crippen molar-refractivity contribution in [2.75, 3.05) is 12.0 Å². The molecular weight excluding hydrogens is 318 g/mol. The Balaban J connectivity index is 3.44. The Bertz CT molecular complexity index is 591. The zero-order chi connectivity index (χ0) is 17.1. The van der Waals surface area contributed by atoms with Gasteiger partial charge in [0.05, 0.1) is 18.5 Å². The van der Waals surface area contributed by atoms with Gasteiger partial charge >= 0.3 is 5.97 Å². The normalized spacial score (nSPS) is 11.0. The summed E-state index contributed by atoms with van der Waals surface area (Å²) >= 11 is 10.6. The third kappa shape index (κ3) is 3.81. The van der Waals surface area contributed by atoms with Crippen LogP contribution in [-0.2, 0) is 9.53 Å². The first-order valence-corrected chi connectivity index (χ1v) is 7.64. The summed E-state index contributed by atoms with van der Waals surface area (Å²) in [6.07, 6.45) is 0.228. The first-order valence-electron chi connectivity index (χ1n) is 6.82. The Hall–Kier alpha value is -1.53. The molecule has 0 aliphatic rings. The summed E-state index contributed by atoms with van der Waals surface area (Å²) < 4.78 is 5.01. The minimum Gasteiger partial charge on any atom is -0.490 e. The lowest BCUT2D eigenvalue weighted by Crippen LogP contribution is -2.53. The number of hydrogen-bond donors (Lipinski definition) is 1. The van der Waals surface area contributed by atoms with Gasteiger partial charge in [-0.25, -0.2) is 4.79 Å². The van der Waals surface area contributed by atoms with E-state index in [1.165, 1.54) is 7.11 Å². The Morgan fingerprint density at radius 2 is 1.77 bits per heavy atom. The van der Waals surface area contributed by atoms with Gasteiger partial charge in [-0.1, -0.05) is 30.4 Å². The van der Waals surface area contributed by atoms with Crippen LogP contribution in [0.5, 0.6) is 0 Å². The summed E-state index contributed by atoms with van der Waals surface area (Å²) in [5, 5.41) is 9.97. The van der Waals surface area contributed by atoms with Crippen LogP contribution in [0.25, 0.3) is 0 Å². The lowest BCUT2D eigenvalue weighted by atomic mass is 9.98. The number of benzene rings is 1. The molecule has 0 spiro atoms. The number of nitrogens with zero attached hydrogens (tertiary/aromatic N) is 1. The topological polar surface area (TPSA) is 49.8 Å². The van der Waals surface area contributed by atoms with Crippen LogP contribution in [0, 0.1) is 13.8 Å². The molecule has 4 nitrogen and oxygen atoms in total. The standard InChI is InChI=1S/C16H21NO3S2/c1-10-7-6-8-11(2)14(10)17(16(3,4)15(18)19)12(21)9-13(22)20-5/h6-8H,9H2,1-5H3,(H,18,19). The maximum absolute atomic E-state index is 11.8. The number of carboxylic acids is 1. The summed E-state index contributed by atoms with van der Waals surface area (Å²) in [5.41, 5.74) is 1.52. The number of thiocarbonyl (C=S) groups is 2. The number of methoxy groups -OCH3 is 1. The summed E-state index contributed by atoms with van der Waals surface area (Å²) in [6.45, 7) is 7.13. The van der Waals surface area contributed by atoms with Crippen LogP contribution in [0.15, 0.2) is 18.2 Å². The number of ether oxygens (including phenoxy) is 1. The van der Waals surface area contributed by atoms with Crippen LogP contribution in [-0.4, -0.2) is 33.8 Å². The summed E-state index contributed by atoms with van der Waals surface area (Å²) in [5.74, 6) is -0.958. The van der Waals surface area contributed by atoms with Crippen LogP contribution >= 0.6 is 24.4 Å². The Morgan fingerprint density at radius 1 is 1.27 bits per heavy atom. The van der Waals surface area contributed by atoms with E-state index in [9.17, 15) is 9.90 Å². The number of hydrogen-bond acceptors (Lipinski definition) is 4. The van der Waals surface area contributed by atoms with Crippen molar-refractivity contribution in [3.05, 3.63) is 29.3 Å². The molecule has 120 valence electrons. The fraction of sp³-hybridized carbons (Fsp3) is 0.438. The number of carboxylic acid groups (broad SMARTS) is 1. The van der Waals surface area contributed by atoms with E-state index in [0.717, 1.165) is 16.8 Å². The number of anilines is 1. The second-order valence-corrected chi connectivity index (χ2v) is 6.51. The van der Waals surface area contributed by atoms with Crippen molar-refractivity contribution >= 4 is 46.1 Å². The number of para-hydroxylation sites is 1. The molecular formula is C16H21NO3S2. The molecule has 1 aromatic carbocycles. The molecule has 0 radical (unpaired) electrons. The number of rotatable bonds is 5. The van der Waals surface area contributed by atoms with E-state index in [0.29, 0.717) is 10.0 Å². The lowest BCUT2D eigenvalue weighted by Gasteiger charge is -2.39. The molecule has 0 unspecified atom stereocenters. The lowest BCUT2D eigenvalue weighted by molar-refractivity contribution is -0.141. The van der Waals surface area contributed by atoms with Gasteiger partial charge in [0.25, 0.3) is 0 Å². The van der Waals surface area contributed by atoms with E-state index < -0.39 is 11.5 Å². The van der Waals surface area contributed by atoms with Gasteiger partial charge in [0.1, 0.15) is 5.54 Å². The average molecular weight is 339 g/mol. The van der Waals surface area contributed by atoms with Gasteiger partial charge in [0, 0.05) is 5.69 Å². The van der Waals surface area contributed by atoms with E-state index in [1.807, 2.05) is 32.0 Å². The van der Waals surface area contributed by atoms with Crippen LogP contribution in [0.1, 0.15) is 31.4 Å². The second kappa shape index (κ2) is 7.15. The fourth-order valence-corrected chi connectivity index (χ4v) is 2.92. The van der Waals surface area contributed by atoms with Gasteiger partial charge < -0.3 is 14.7 Å². The Labute approximate surface area is 142 Å². The van der Waals surface area contributed by atoms with Crippen molar-refractivity contribution in [1.82, 2.24) is 0 Å². The van der Waals surface area contributed by atoms with Crippen LogP contribution < -0.4 is 4.90 Å². The molecule has 6 heteroatoms. The van der Waals surface area contributed by atoms with Crippen LogP contribution in [0.2, 0.25) is 0 Å². The van der Waals surface area contributed by atoms with Crippen molar-refractivity contribution in [3.8, 4) is 0 Å². The zero-order valence-electron chi connectivity index (χ0n) is 13.5.